The highest BCUT2D eigenvalue weighted by Crippen LogP contribution is 2.14. The van der Waals surface area contributed by atoms with Crippen LogP contribution in [0.2, 0.25) is 0 Å². The maximum absolute atomic E-state index is 12.0. The monoisotopic (exact) mass is 270 g/mol. The lowest BCUT2D eigenvalue weighted by Crippen LogP contribution is -2.09. The third kappa shape index (κ3) is 3.23. The number of aromatic carboxylic acids is 1. The van der Waals surface area contributed by atoms with Crippen LogP contribution in [0.1, 0.15) is 31.8 Å². The van der Waals surface area contributed by atoms with Crippen molar-refractivity contribution in [1.29, 1.82) is 0 Å². The highest BCUT2D eigenvalue weighted by Gasteiger charge is 2.14. The molecule has 0 radical (unpaired) electrons. The summed E-state index contributed by atoms with van der Waals surface area (Å²) in [5.74, 6) is -1.59. The van der Waals surface area contributed by atoms with E-state index in [0.717, 1.165) is 5.56 Å². The molecule has 0 aromatic heterocycles. The molecule has 4 nitrogen and oxygen atoms in total. The van der Waals surface area contributed by atoms with Gasteiger partial charge in [-0.3, -0.25) is 0 Å². The zero-order chi connectivity index (χ0) is 14.5. The number of hydrogen-bond acceptors (Lipinski definition) is 3. The summed E-state index contributed by atoms with van der Waals surface area (Å²) in [5, 5.41) is 8.94. The van der Waals surface area contributed by atoms with Gasteiger partial charge in [0, 0.05) is 0 Å². The van der Waals surface area contributed by atoms with Crippen molar-refractivity contribution in [3.63, 3.8) is 0 Å². The van der Waals surface area contributed by atoms with Crippen LogP contribution in [0.15, 0.2) is 48.5 Å². The number of esters is 1. The van der Waals surface area contributed by atoms with E-state index in [1.54, 1.807) is 13.0 Å². The first-order chi connectivity index (χ1) is 9.58. The van der Waals surface area contributed by atoms with E-state index in [-0.39, 0.29) is 17.7 Å². The minimum Gasteiger partial charge on any atom is -0.478 e. The number of carbonyl (C=O) groups excluding carboxylic acids is 1. The van der Waals surface area contributed by atoms with Crippen molar-refractivity contribution in [2.45, 2.75) is 13.5 Å². The second-order valence-electron chi connectivity index (χ2n) is 4.40. The normalized spacial score (nSPS) is 10.1. The fraction of sp³-hybridized carbons (Fsp3) is 0.125. The molecular weight excluding hydrogens is 256 g/mol. The quantitative estimate of drug-likeness (QED) is 0.867. The molecule has 2 aromatic rings. The number of benzene rings is 2. The second kappa shape index (κ2) is 6.02. The minimum atomic E-state index is -1.07. The zero-order valence-electron chi connectivity index (χ0n) is 11.0. The maximum atomic E-state index is 12.0. The second-order valence-corrected chi connectivity index (χ2v) is 4.40. The Morgan fingerprint density at radius 3 is 2.45 bits per heavy atom. The van der Waals surface area contributed by atoms with E-state index in [4.69, 9.17) is 9.84 Å². The van der Waals surface area contributed by atoms with Crippen molar-refractivity contribution < 1.29 is 19.4 Å². The largest absolute Gasteiger partial charge is 0.478 e. The molecule has 0 aliphatic heterocycles. The molecular formula is C16H14O4. The summed E-state index contributed by atoms with van der Waals surface area (Å²) in [4.78, 5) is 22.9. The van der Waals surface area contributed by atoms with Gasteiger partial charge < -0.3 is 9.84 Å². The molecule has 0 atom stereocenters. The highest BCUT2D eigenvalue weighted by molar-refractivity contribution is 5.95. The number of carbonyl (C=O) groups is 2. The molecule has 0 fully saturated rings. The third-order valence-corrected chi connectivity index (χ3v) is 2.92. The van der Waals surface area contributed by atoms with Crippen molar-refractivity contribution in [3.8, 4) is 0 Å². The fourth-order valence-electron chi connectivity index (χ4n) is 1.78. The van der Waals surface area contributed by atoms with Gasteiger partial charge in [-0.1, -0.05) is 36.4 Å². The van der Waals surface area contributed by atoms with Gasteiger partial charge in [-0.2, -0.15) is 0 Å². The number of hydrogen-bond donors (Lipinski definition) is 1. The molecule has 4 heteroatoms. The molecule has 1 N–H and O–H groups in total. The molecule has 0 spiro atoms. The molecule has 0 saturated carbocycles. The topological polar surface area (TPSA) is 63.6 Å². The summed E-state index contributed by atoms with van der Waals surface area (Å²) >= 11 is 0. The van der Waals surface area contributed by atoms with Gasteiger partial charge in [-0.25, -0.2) is 9.59 Å². The van der Waals surface area contributed by atoms with Crippen LogP contribution in [-0.2, 0) is 11.3 Å². The highest BCUT2D eigenvalue weighted by atomic mass is 16.5. The molecule has 0 aliphatic rings. The molecule has 0 unspecified atom stereocenters. The van der Waals surface area contributed by atoms with E-state index in [1.165, 1.54) is 12.1 Å². The van der Waals surface area contributed by atoms with E-state index >= 15 is 0 Å². The van der Waals surface area contributed by atoms with Crippen LogP contribution < -0.4 is 0 Å². The average molecular weight is 270 g/mol. The van der Waals surface area contributed by atoms with Gasteiger partial charge in [0.05, 0.1) is 11.1 Å². The molecule has 0 amide bonds. The Kier molecular flexibility index (Phi) is 4.15. The summed E-state index contributed by atoms with van der Waals surface area (Å²) in [6.07, 6.45) is 0. The van der Waals surface area contributed by atoms with Crippen molar-refractivity contribution >= 4 is 11.9 Å². The molecule has 2 rings (SSSR count). The van der Waals surface area contributed by atoms with Crippen LogP contribution in [-0.4, -0.2) is 17.0 Å². The van der Waals surface area contributed by atoms with Gasteiger partial charge in [-0.15, -0.1) is 0 Å². The molecule has 0 bridgehead atoms. The number of carboxylic acids is 1. The van der Waals surface area contributed by atoms with Gasteiger partial charge in [-0.05, 0) is 30.2 Å². The minimum absolute atomic E-state index is 0.0715. The van der Waals surface area contributed by atoms with Gasteiger partial charge in [0.1, 0.15) is 6.61 Å². The summed E-state index contributed by atoms with van der Waals surface area (Å²) in [7, 11) is 0. The maximum Gasteiger partial charge on any atom is 0.338 e. The number of aryl methyl sites for hydroxylation is 1. The number of rotatable bonds is 4. The summed E-state index contributed by atoms with van der Waals surface area (Å²) in [5.41, 5.74) is 1.92. The van der Waals surface area contributed by atoms with Crippen molar-refractivity contribution in [2.24, 2.45) is 0 Å². The lowest BCUT2D eigenvalue weighted by Gasteiger charge is -2.08. The molecule has 0 saturated heterocycles. The van der Waals surface area contributed by atoms with Crippen LogP contribution >= 0.6 is 0 Å². The summed E-state index contributed by atoms with van der Waals surface area (Å²) < 4.78 is 5.20. The Morgan fingerprint density at radius 1 is 1.10 bits per heavy atom. The SMILES string of the molecule is Cc1ccc(C(=O)O)cc1C(=O)OCc1ccccc1. The summed E-state index contributed by atoms with van der Waals surface area (Å²) in [6.45, 7) is 1.90. The average Bonchev–Trinajstić information content (AvgIpc) is 2.46. The van der Waals surface area contributed by atoms with Crippen LogP contribution in [0.5, 0.6) is 0 Å². The van der Waals surface area contributed by atoms with Crippen molar-refractivity contribution in [1.82, 2.24) is 0 Å². The molecule has 20 heavy (non-hydrogen) atoms. The Bertz CT molecular complexity index is 632. The van der Waals surface area contributed by atoms with Gasteiger partial charge in [0.2, 0.25) is 0 Å². The summed E-state index contributed by atoms with van der Waals surface area (Å²) in [6, 6.07) is 13.7. The lowest BCUT2D eigenvalue weighted by molar-refractivity contribution is 0.0472. The van der Waals surface area contributed by atoms with Crippen LogP contribution in [0.25, 0.3) is 0 Å². The number of carboxylic acid groups (broad SMARTS) is 1. The van der Waals surface area contributed by atoms with E-state index in [1.807, 2.05) is 30.3 Å². The first-order valence-electron chi connectivity index (χ1n) is 6.13. The van der Waals surface area contributed by atoms with E-state index in [9.17, 15) is 9.59 Å². The smallest absolute Gasteiger partial charge is 0.338 e. The first-order valence-corrected chi connectivity index (χ1v) is 6.13. The van der Waals surface area contributed by atoms with Crippen molar-refractivity contribution in [3.05, 3.63) is 70.8 Å². The van der Waals surface area contributed by atoms with Crippen LogP contribution in [0.3, 0.4) is 0 Å². The van der Waals surface area contributed by atoms with E-state index in [0.29, 0.717) is 5.56 Å². The molecule has 2 aromatic carbocycles. The fourth-order valence-corrected chi connectivity index (χ4v) is 1.78. The Balaban J connectivity index is 2.13. The van der Waals surface area contributed by atoms with Gasteiger partial charge in [0.25, 0.3) is 0 Å². The molecule has 102 valence electrons. The predicted octanol–water partition coefficient (Wildman–Crippen LogP) is 3.05. The third-order valence-electron chi connectivity index (χ3n) is 2.92. The number of ether oxygens (including phenoxy) is 1. The van der Waals surface area contributed by atoms with Crippen molar-refractivity contribution in [2.75, 3.05) is 0 Å². The first kappa shape index (κ1) is 13.8. The Labute approximate surface area is 116 Å². The predicted molar refractivity (Wildman–Crippen MR) is 73.7 cm³/mol. The Hall–Kier alpha value is -2.62. The van der Waals surface area contributed by atoms with Crippen LogP contribution in [0, 0.1) is 6.92 Å². The van der Waals surface area contributed by atoms with Gasteiger partial charge >= 0.3 is 11.9 Å². The van der Waals surface area contributed by atoms with E-state index in [2.05, 4.69) is 0 Å². The van der Waals surface area contributed by atoms with Crippen LogP contribution in [0.4, 0.5) is 0 Å². The zero-order valence-corrected chi connectivity index (χ0v) is 11.0. The standard InChI is InChI=1S/C16H14O4/c1-11-7-8-13(15(17)18)9-14(11)16(19)20-10-12-5-3-2-4-6-12/h2-9H,10H2,1H3,(H,17,18). The Morgan fingerprint density at radius 2 is 1.80 bits per heavy atom. The van der Waals surface area contributed by atoms with Gasteiger partial charge in [0.15, 0.2) is 0 Å². The lowest BCUT2D eigenvalue weighted by atomic mass is 10.1. The molecule has 0 heterocycles. The molecule has 0 aliphatic carbocycles. The van der Waals surface area contributed by atoms with E-state index < -0.39 is 11.9 Å².